The summed E-state index contributed by atoms with van der Waals surface area (Å²) < 4.78 is 0. The number of carbonyl (C=O) groups is 2. The van der Waals surface area contributed by atoms with E-state index in [2.05, 4.69) is 58.9 Å². The second-order valence-electron chi connectivity index (χ2n) is 10.4. The molecule has 0 saturated heterocycles. The number of aromatic carboxylic acids is 1. The van der Waals surface area contributed by atoms with E-state index in [-0.39, 0.29) is 22.3 Å². The fourth-order valence-electron chi connectivity index (χ4n) is 4.68. The van der Waals surface area contributed by atoms with Gasteiger partial charge in [0.15, 0.2) is 0 Å². The van der Waals surface area contributed by atoms with Gasteiger partial charge in [-0.15, -0.1) is 0 Å². The third kappa shape index (κ3) is 5.62. The Balaban J connectivity index is 1.93. The van der Waals surface area contributed by atoms with E-state index >= 15 is 0 Å². The number of hydrogen-bond acceptors (Lipinski definition) is 2. The average molecular weight is 447 g/mol. The predicted molar refractivity (Wildman–Crippen MR) is 133 cm³/mol. The van der Waals surface area contributed by atoms with E-state index in [0.29, 0.717) is 6.42 Å². The smallest absolute Gasteiger partial charge is 0.335 e. The summed E-state index contributed by atoms with van der Waals surface area (Å²) in [6, 6.07) is 13.5. The Morgan fingerprint density at radius 2 is 1.61 bits per heavy atom. The van der Waals surface area contributed by atoms with Gasteiger partial charge in [0.1, 0.15) is 0 Å². The minimum absolute atomic E-state index is 0.130. The molecule has 0 saturated carbocycles. The van der Waals surface area contributed by atoms with Crippen molar-refractivity contribution in [3.63, 3.8) is 0 Å². The molecule has 0 fully saturated rings. The van der Waals surface area contributed by atoms with Crippen molar-refractivity contribution in [2.75, 3.05) is 0 Å². The fraction of sp³-hybridized carbons (Fsp3) is 0.379. The van der Waals surface area contributed by atoms with Gasteiger partial charge in [-0.3, -0.25) is 0 Å². The third-order valence-electron chi connectivity index (χ3n) is 7.02. The van der Waals surface area contributed by atoms with Crippen molar-refractivity contribution in [2.45, 2.75) is 70.6 Å². The Morgan fingerprint density at radius 1 is 0.939 bits per heavy atom. The van der Waals surface area contributed by atoms with Crippen molar-refractivity contribution in [1.29, 1.82) is 0 Å². The van der Waals surface area contributed by atoms with Crippen LogP contribution in [-0.4, -0.2) is 22.2 Å². The monoisotopic (exact) mass is 446 g/mol. The normalized spacial score (nSPS) is 18.0. The van der Waals surface area contributed by atoms with Crippen LogP contribution in [0.1, 0.15) is 92.4 Å². The molecule has 1 atom stereocenters. The number of allylic oxidation sites excluding steroid dienone is 3. The summed E-state index contributed by atoms with van der Waals surface area (Å²) in [5.74, 6) is -2.25. The molecule has 2 aromatic carbocycles. The molecule has 0 aromatic heterocycles. The molecule has 0 spiro atoms. The minimum Gasteiger partial charge on any atom is -0.478 e. The van der Waals surface area contributed by atoms with E-state index in [1.54, 1.807) is 24.3 Å². The second kappa shape index (κ2) is 9.38. The van der Waals surface area contributed by atoms with E-state index in [1.807, 2.05) is 6.07 Å². The number of carboxylic acids is 2. The Hall–Kier alpha value is -3.14. The van der Waals surface area contributed by atoms with Gasteiger partial charge >= 0.3 is 11.9 Å². The maximum absolute atomic E-state index is 11.4. The summed E-state index contributed by atoms with van der Waals surface area (Å²) >= 11 is 0. The van der Waals surface area contributed by atoms with Gasteiger partial charge in [-0.1, -0.05) is 70.2 Å². The number of rotatable bonds is 7. The molecular weight excluding hydrogens is 412 g/mol. The first-order valence-electron chi connectivity index (χ1n) is 11.5. The highest BCUT2D eigenvalue weighted by molar-refractivity contribution is 5.87. The van der Waals surface area contributed by atoms with Gasteiger partial charge in [-0.05, 0) is 77.0 Å². The summed E-state index contributed by atoms with van der Waals surface area (Å²) in [5, 5.41) is 18.4. The third-order valence-corrected chi connectivity index (χ3v) is 7.02. The lowest BCUT2D eigenvalue weighted by molar-refractivity contribution is -0.131. The van der Waals surface area contributed by atoms with E-state index in [0.717, 1.165) is 23.6 Å². The van der Waals surface area contributed by atoms with Crippen LogP contribution in [0.15, 0.2) is 60.7 Å². The number of benzene rings is 2. The molecule has 1 unspecified atom stereocenters. The van der Waals surface area contributed by atoms with Crippen LogP contribution < -0.4 is 0 Å². The molecule has 0 aliphatic heterocycles. The number of aliphatic carboxylic acids is 1. The lowest BCUT2D eigenvalue weighted by Crippen LogP contribution is -2.33. The lowest BCUT2D eigenvalue weighted by Gasteiger charge is -2.42. The Bertz CT molecular complexity index is 1120. The summed E-state index contributed by atoms with van der Waals surface area (Å²) in [6.45, 7) is 11.3. The summed E-state index contributed by atoms with van der Waals surface area (Å²) in [6.07, 6.45) is 7.78. The summed E-state index contributed by atoms with van der Waals surface area (Å²) in [5.41, 5.74) is 6.39. The van der Waals surface area contributed by atoms with Gasteiger partial charge in [0.05, 0.1) is 5.56 Å². The van der Waals surface area contributed by atoms with Gasteiger partial charge in [-0.25, -0.2) is 9.59 Å². The van der Waals surface area contributed by atoms with Crippen molar-refractivity contribution < 1.29 is 19.8 Å². The van der Waals surface area contributed by atoms with Crippen molar-refractivity contribution in [3.8, 4) is 0 Å². The van der Waals surface area contributed by atoms with Crippen LogP contribution in [0.25, 0.3) is 5.57 Å². The highest BCUT2D eigenvalue weighted by atomic mass is 16.4. The maximum atomic E-state index is 11.4. The number of hydrogen-bond donors (Lipinski definition) is 2. The molecule has 0 amide bonds. The highest BCUT2D eigenvalue weighted by Gasteiger charge is 2.36. The van der Waals surface area contributed by atoms with E-state index in [9.17, 15) is 14.7 Å². The Kier molecular flexibility index (Phi) is 6.97. The molecule has 2 N–H and O–H groups in total. The largest absolute Gasteiger partial charge is 0.478 e. The number of carboxylic acid groups (broad SMARTS) is 2. The quantitative estimate of drug-likeness (QED) is 0.451. The van der Waals surface area contributed by atoms with E-state index in [1.165, 1.54) is 23.1 Å². The first kappa shape index (κ1) is 24.5. The molecule has 1 aliphatic rings. The standard InChI is InChI=1S/C29H34O4/c1-19(21-11-13-24-25(18-21)29(4,5)16-15-28(24,2)3)9-10-20(12-14-26(30)31)22-7-6-8-23(17-22)27(32)33/h6-9,11-14,17-18,20H,10,15-16H2,1-5H3,(H,30,31)(H,32,33)/b14-12-,19-9+. The van der Waals surface area contributed by atoms with Crippen LogP contribution in [0.3, 0.4) is 0 Å². The van der Waals surface area contributed by atoms with Crippen molar-refractivity contribution in [1.82, 2.24) is 0 Å². The fourth-order valence-corrected chi connectivity index (χ4v) is 4.68. The van der Waals surface area contributed by atoms with E-state index in [4.69, 9.17) is 5.11 Å². The topological polar surface area (TPSA) is 74.6 Å². The maximum Gasteiger partial charge on any atom is 0.335 e. The van der Waals surface area contributed by atoms with Gasteiger partial charge in [0.2, 0.25) is 0 Å². The van der Waals surface area contributed by atoms with Crippen molar-refractivity contribution >= 4 is 17.5 Å². The molecule has 0 bridgehead atoms. The van der Waals surface area contributed by atoms with E-state index < -0.39 is 11.9 Å². The van der Waals surface area contributed by atoms with Crippen molar-refractivity contribution in [2.24, 2.45) is 0 Å². The average Bonchev–Trinajstić information content (AvgIpc) is 2.76. The summed E-state index contributed by atoms with van der Waals surface area (Å²) in [7, 11) is 0. The van der Waals surface area contributed by atoms with Crippen LogP contribution in [0, 0.1) is 0 Å². The lowest BCUT2D eigenvalue weighted by atomic mass is 9.63. The highest BCUT2D eigenvalue weighted by Crippen LogP contribution is 2.46. The van der Waals surface area contributed by atoms with Gasteiger partial charge in [-0.2, -0.15) is 0 Å². The Labute approximate surface area is 196 Å². The first-order valence-corrected chi connectivity index (χ1v) is 11.5. The zero-order chi connectivity index (χ0) is 24.4. The zero-order valence-corrected chi connectivity index (χ0v) is 20.2. The molecule has 174 valence electrons. The molecule has 4 nitrogen and oxygen atoms in total. The zero-order valence-electron chi connectivity index (χ0n) is 20.2. The molecule has 0 radical (unpaired) electrons. The molecule has 2 aromatic rings. The molecule has 1 aliphatic carbocycles. The van der Waals surface area contributed by atoms with Crippen LogP contribution >= 0.6 is 0 Å². The molecular formula is C29H34O4. The van der Waals surface area contributed by atoms with Gasteiger partial charge in [0.25, 0.3) is 0 Å². The predicted octanol–water partition coefficient (Wildman–Crippen LogP) is 6.95. The SMILES string of the molecule is C/C(=C\CC(/C=C\C(=O)O)c1cccc(C(=O)O)c1)c1ccc2c(c1)C(C)(C)CCC2(C)C. The molecule has 0 heterocycles. The minimum atomic E-state index is -1.02. The second-order valence-corrected chi connectivity index (χ2v) is 10.4. The van der Waals surface area contributed by atoms with Crippen molar-refractivity contribution in [3.05, 3.63) is 88.5 Å². The van der Waals surface area contributed by atoms with Crippen LogP contribution in [-0.2, 0) is 15.6 Å². The van der Waals surface area contributed by atoms with Gasteiger partial charge < -0.3 is 10.2 Å². The molecule has 4 heteroatoms. The number of fused-ring (bicyclic) bond motifs is 1. The van der Waals surface area contributed by atoms with Crippen LogP contribution in [0.4, 0.5) is 0 Å². The van der Waals surface area contributed by atoms with Crippen LogP contribution in [0.2, 0.25) is 0 Å². The van der Waals surface area contributed by atoms with Gasteiger partial charge in [0, 0.05) is 12.0 Å². The molecule has 33 heavy (non-hydrogen) atoms. The summed E-state index contributed by atoms with van der Waals surface area (Å²) in [4.78, 5) is 22.5. The first-order chi connectivity index (χ1) is 15.4. The van der Waals surface area contributed by atoms with Crippen LogP contribution in [0.5, 0.6) is 0 Å². The Morgan fingerprint density at radius 3 is 2.24 bits per heavy atom. The molecule has 3 rings (SSSR count).